The first-order chi connectivity index (χ1) is 12.7. The number of amides is 2. The van der Waals surface area contributed by atoms with E-state index in [1.54, 1.807) is 12.5 Å². The Labute approximate surface area is 153 Å². The van der Waals surface area contributed by atoms with Crippen LogP contribution < -0.4 is 5.32 Å². The van der Waals surface area contributed by atoms with Gasteiger partial charge in [0, 0.05) is 50.6 Å². The molecule has 3 aliphatic rings. The molecule has 1 saturated carbocycles. The third-order valence-electron chi connectivity index (χ3n) is 5.76. The molecule has 26 heavy (non-hydrogen) atoms. The molecule has 2 saturated heterocycles. The van der Waals surface area contributed by atoms with Crippen LogP contribution in [0.4, 0.5) is 4.79 Å². The van der Waals surface area contributed by atoms with Crippen LogP contribution in [0, 0.1) is 11.8 Å². The van der Waals surface area contributed by atoms with Crippen molar-refractivity contribution in [2.75, 3.05) is 13.2 Å². The van der Waals surface area contributed by atoms with Gasteiger partial charge in [0.2, 0.25) is 0 Å². The Morgan fingerprint density at radius 2 is 2.19 bits per heavy atom. The Hall–Kier alpha value is -2.34. The van der Waals surface area contributed by atoms with Crippen LogP contribution in [0.15, 0.2) is 43.0 Å². The molecule has 2 aliphatic heterocycles. The van der Waals surface area contributed by atoms with Crippen molar-refractivity contribution in [1.29, 1.82) is 0 Å². The number of nitrogens with one attached hydrogen (secondary N) is 1. The summed E-state index contributed by atoms with van der Waals surface area (Å²) in [5, 5.41) is 12.7. The summed E-state index contributed by atoms with van der Waals surface area (Å²) < 4.78 is 2.02. The molecule has 3 unspecified atom stereocenters. The summed E-state index contributed by atoms with van der Waals surface area (Å²) in [5.41, 5.74) is 2.28. The Bertz CT molecular complexity index is 746. The molecular formula is C20H26N4O2. The fourth-order valence-electron chi connectivity index (χ4n) is 4.47. The number of aliphatic hydroxyl groups excluding tert-OH is 1. The highest BCUT2D eigenvalue weighted by Gasteiger charge is 2.42. The molecule has 1 aromatic heterocycles. The number of aliphatic hydroxyl groups is 1. The average Bonchev–Trinajstić information content (AvgIpc) is 3.19. The zero-order chi connectivity index (χ0) is 17.9. The van der Waals surface area contributed by atoms with E-state index in [2.05, 4.69) is 22.4 Å². The first-order valence-electron chi connectivity index (χ1n) is 9.42. The second-order valence-corrected chi connectivity index (χ2v) is 7.56. The zero-order valence-corrected chi connectivity index (χ0v) is 14.9. The molecule has 1 aromatic carbocycles. The Balaban J connectivity index is 1.36. The van der Waals surface area contributed by atoms with Crippen LogP contribution in [0.3, 0.4) is 0 Å². The topological polar surface area (TPSA) is 70.4 Å². The molecule has 3 fully saturated rings. The number of hydrogen-bond acceptors (Lipinski definition) is 3. The largest absolute Gasteiger partial charge is 0.396 e. The summed E-state index contributed by atoms with van der Waals surface area (Å²) in [4.78, 5) is 18.7. The van der Waals surface area contributed by atoms with Gasteiger partial charge < -0.3 is 19.9 Å². The third kappa shape index (κ3) is 3.60. The van der Waals surface area contributed by atoms with Gasteiger partial charge in [-0.25, -0.2) is 9.78 Å². The van der Waals surface area contributed by atoms with Crippen molar-refractivity contribution < 1.29 is 9.90 Å². The van der Waals surface area contributed by atoms with E-state index in [4.69, 9.17) is 0 Å². The van der Waals surface area contributed by atoms with Crippen LogP contribution in [0.2, 0.25) is 0 Å². The Morgan fingerprint density at radius 1 is 1.31 bits per heavy atom. The number of aromatic nitrogens is 2. The van der Waals surface area contributed by atoms with Crippen molar-refractivity contribution in [3.05, 3.63) is 54.1 Å². The van der Waals surface area contributed by atoms with Crippen LogP contribution in [-0.4, -0.2) is 44.8 Å². The zero-order valence-electron chi connectivity index (χ0n) is 14.9. The van der Waals surface area contributed by atoms with Gasteiger partial charge in [-0.3, -0.25) is 0 Å². The van der Waals surface area contributed by atoms with Crippen molar-refractivity contribution in [3.8, 4) is 0 Å². The number of carbonyl (C=O) groups excluding carboxylic acids is 1. The van der Waals surface area contributed by atoms with Crippen LogP contribution >= 0.6 is 0 Å². The molecule has 6 nitrogen and oxygen atoms in total. The second-order valence-electron chi connectivity index (χ2n) is 7.56. The van der Waals surface area contributed by atoms with E-state index in [9.17, 15) is 9.90 Å². The summed E-state index contributed by atoms with van der Waals surface area (Å²) in [6.45, 7) is 2.30. The molecule has 2 aromatic rings. The van der Waals surface area contributed by atoms with E-state index < -0.39 is 0 Å². The molecule has 6 heteroatoms. The minimum Gasteiger partial charge on any atom is -0.396 e. The number of piperidine rings is 2. The lowest BCUT2D eigenvalue weighted by atomic mass is 9.73. The number of benzene rings is 1. The fraction of sp³-hybridized carbons (Fsp3) is 0.500. The maximum atomic E-state index is 12.7. The summed E-state index contributed by atoms with van der Waals surface area (Å²) in [5.74, 6) is 0.785. The molecule has 2 bridgehead atoms. The van der Waals surface area contributed by atoms with Crippen LogP contribution in [0.5, 0.6) is 0 Å². The van der Waals surface area contributed by atoms with Gasteiger partial charge >= 0.3 is 6.03 Å². The highest BCUT2D eigenvalue weighted by Crippen LogP contribution is 2.38. The van der Waals surface area contributed by atoms with Crippen molar-refractivity contribution in [1.82, 2.24) is 19.8 Å². The van der Waals surface area contributed by atoms with Crippen LogP contribution in [0.25, 0.3) is 0 Å². The quantitative estimate of drug-likeness (QED) is 0.865. The second kappa shape index (κ2) is 7.50. The summed E-state index contributed by atoms with van der Waals surface area (Å²) in [6.07, 6.45) is 8.77. The number of fused-ring (bicyclic) bond motifs is 3. The third-order valence-corrected chi connectivity index (χ3v) is 5.76. The van der Waals surface area contributed by atoms with Gasteiger partial charge in [0.05, 0.1) is 6.33 Å². The minimum atomic E-state index is -0.00198. The molecule has 3 heterocycles. The van der Waals surface area contributed by atoms with Gasteiger partial charge in [-0.1, -0.05) is 24.3 Å². The number of carbonyl (C=O) groups is 1. The maximum absolute atomic E-state index is 12.7. The number of imidazole rings is 1. The van der Waals surface area contributed by atoms with E-state index in [0.717, 1.165) is 31.5 Å². The first-order valence-corrected chi connectivity index (χ1v) is 9.42. The molecule has 3 atom stereocenters. The highest BCUT2D eigenvalue weighted by molar-refractivity contribution is 5.75. The standard InChI is InChI=1S/C20H26N4O2/c25-13-18-9-17-4-5-19(18)24(12-17)20(26)22-10-15-2-1-3-16(8-15)11-23-7-6-21-14-23/h1-3,6-8,14,17-19,25H,4-5,9-13H2,(H,22,26). The van der Waals surface area contributed by atoms with E-state index in [1.807, 2.05) is 27.8 Å². The van der Waals surface area contributed by atoms with Gasteiger partial charge in [0.15, 0.2) is 0 Å². The number of urea groups is 1. The van der Waals surface area contributed by atoms with E-state index in [-0.39, 0.29) is 24.6 Å². The summed E-state index contributed by atoms with van der Waals surface area (Å²) in [7, 11) is 0. The van der Waals surface area contributed by atoms with Crippen molar-refractivity contribution in [3.63, 3.8) is 0 Å². The predicted molar refractivity (Wildman–Crippen MR) is 98.4 cm³/mol. The molecular weight excluding hydrogens is 328 g/mol. The monoisotopic (exact) mass is 354 g/mol. The molecule has 2 amide bonds. The average molecular weight is 354 g/mol. The van der Waals surface area contributed by atoms with Gasteiger partial charge in [0.25, 0.3) is 0 Å². The molecule has 138 valence electrons. The lowest BCUT2D eigenvalue weighted by Gasteiger charge is -2.49. The Morgan fingerprint density at radius 3 is 2.96 bits per heavy atom. The van der Waals surface area contributed by atoms with Gasteiger partial charge in [0.1, 0.15) is 0 Å². The smallest absolute Gasteiger partial charge is 0.317 e. The van der Waals surface area contributed by atoms with Crippen LogP contribution in [0.1, 0.15) is 30.4 Å². The van der Waals surface area contributed by atoms with Gasteiger partial charge in [-0.2, -0.15) is 0 Å². The SMILES string of the molecule is O=C(NCc1cccc(Cn2ccnc2)c1)N1CC2CCC1C(CO)C2. The first kappa shape index (κ1) is 17.1. The van der Waals surface area contributed by atoms with Crippen molar-refractivity contribution in [2.45, 2.75) is 38.4 Å². The summed E-state index contributed by atoms with van der Waals surface area (Å²) >= 11 is 0. The Kier molecular flexibility index (Phi) is 4.93. The molecule has 0 spiro atoms. The number of hydrogen-bond donors (Lipinski definition) is 2. The lowest BCUT2D eigenvalue weighted by molar-refractivity contribution is 0.00388. The van der Waals surface area contributed by atoms with E-state index in [0.29, 0.717) is 12.5 Å². The molecule has 5 rings (SSSR count). The number of nitrogens with zero attached hydrogens (tertiary/aromatic N) is 3. The van der Waals surface area contributed by atoms with E-state index in [1.165, 1.54) is 12.0 Å². The van der Waals surface area contributed by atoms with E-state index >= 15 is 0 Å². The number of rotatable bonds is 5. The maximum Gasteiger partial charge on any atom is 0.317 e. The fourth-order valence-corrected chi connectivity index (χ4v) is 4.47. The van der Waals surface area contributed by atoms with Gasteiger partial charge in [-0.15, -0.1) is 0 Å². The predicted octanol–water partition coefficient (Wildman–Crippen LogP) is 2.23. The summed E-state index contributed by atoms with van der Waals surface area (Å²) in [6, 6.07) is 8.46. The highest BCUT2D eigenvalue weighted by atomic mass is 16.3. The van der Waals surface area contributed by atoms with Crippen LogP contribution in [-0.2, 0) is 13.1 Å². The molecule has 2 N–H and O–H groups in total. The molecule has 0 radical (unpaired) electrons. The minimum absolute atomic E-state index is 0.00198. The molecule has 1 aliphatic carbocycles. The normalized spacial score (nSPS) is 24.7. The van der Waals surface area contributed by atoms with Crippen molar-refractivity contribution in [2.24, 2.45) is 11.8 Å². The lowest BCUT2D eigenvalue weighted by Crippen LogP contribution is -2.58. The van der Waals surface area contributed by atoms with Gasteiger partial charge in [-0.05, 0) is 36.3 Å². The van der Waals surface area contributed by atoms with Crippen molar-refractivity contribution >= 4 is 6.03 Å².